The van der Waals surface area contributed by atoms with Crippen molar-refractivity contribution in [3.63, 3.8) is 0 Å². The molecule has 7 heteroatoms. The third-order valence-corrected chi connectivity index (χ3v) is 3.82. The number of hydrogen-bond donors (Lipinski definition) is 1. The quantitative estimate of drug-likeness (QED) is 0.907. The number of nitrogens with zero attached hydrogens (tertiary/aromatic N) is 2. The van der Waals surface area contributed by atoms with Gasteiger partial charge in [0.15, 0.2) is 5.69 Å². The van der Waals surface area contributed by atoms with E-state index in [0.29, 0.717) is 23.0 Å². The lowest BCUT2D eigenvalue weighted by atomic mass is 10.2. The Hall–Kier alpha value is -1.47. The van der Waals surface area contributed by atoms with Crippen LogP contribution in [-0.4, -0.2) is 16.5 Å². The Labute approximate surface area is 125 Å². The number of halogens is 3. The maximum atomic E-state index is 13.1. The van der Waals surface area contributed by atoms with Crippen molar-refractivity contribution in [3.8, 4) is 10.6 Å². The summed E-state index contributed by atoms with van der Waals surface area (Å²) in [5, 5.41) is 3.38. The second kappa shape index (κ2) is 6.53. The average molecular weight is 315 g/mol. The molecule has 0 amide bonds. The van der Waals surface area contributed by atoms with Gasteiger partial charge in [0.25, 0.3) is 0 Å². The van der Waals surface area contributed by atoms with Gasteiger partial charge < -0.3 is 5.32 Å². The molecule has 2 rings (SSSR count). The number of nitrogens with one attached hydrogen (secondary N) is 1. The molecule has 2 aromatic rings. The second-order valence-corrected chi connectivity index (χ2v) is 6.14. The third kappa shape index (κ3) is 4.25. The van der Waals surface area contributed by atoms with Crippen LogP contribution in [0.2, 0.25) is 0 Å². The van der Waals surface area contributed by atoms with E-state index < -0.39 is 11.9 Å². The fraction of sp³-hybridized carbons (Fsp3) is 0.429. The third-order valence-electron chi connectivity index (χ3n) is 2.71. The monoisotopic (exact) mass is 315 g/mol. The van der Waals surface area contributed by atoms with E-state index in [4.69, 9.17) is 0 Å². The van der Waals surface area contributed by atoms with E-state index >= 15 is 0 Å². The van der Waals surface area contributed by atoms with Gasteiger partial charge in [-0.05, 0) is 24.6 Å². The molecule has 0 unspecified atom stereocenters. The topological polar surface area (TPSA) is 37.8 Å². The first-order chi connectivity index (χ1) is 9.88. The van der Waals surface area contributed by atoms with Gasteiger partial charge in [-0.25, -0.2) is 4.98 Å². The fourth-order valence-corrected chi connectivity index (χ4v) is 2.82. The molecule has 3 nitrogen and oxygen atoms in total. The Morgan fingerprint density at radius 2 is 2.10 bits per heavy atom. The van der Waals surface area contributed by atoms with Gasteiger partial charge in [0.2, 0.25) is 0 Å². The molecule has 0 atom stereocenters. The van der Waals surface area contributed by atoms with E-state index in [2.05, 4.69) is 15.3 Å². The molecular weight excluding hydrogens is 299 g/mol. The van der Waals surface area contributed by atoms with Crippen molar-refractivity contribution in [2.45, 2.75) is 26.6 Å². The largest absolute Gasteiger partial charge is 0.434 e. The number of alkyl halides is 3. The maximum Gasteiger partial charge on any atom is 0.434 e. The van der Waals surface area contributed by atoms with E-state index in [-0.39, 0.29) is 11.4 Å². The Morgan fingerprint density at radius 1 is 1.33 bits per heavy atom. The predicted octanol–water partition coefficient (Wildman–Crippen LogP) is 3.97. The van der Waals surface area contributed by atoms with Crippen LogP contribution in [0.4, 0.5) is 13.2 Å². The van der Waals surface area contributed by atoms with Crippen LogP contribution in [0.3, 0.4) is 0 Å². The Morgan fingerprint density at radius 3 is 2.67 bits per heavy atom. The van der Waals surface area contributed by atoms with Gasteiger partial charge in [-0.2, -0.15) is 13.2 Å². The van der Waals surface area contributed by atoms with Crippen LogP contribution in [0.25, 0.3) is 10.6 Å². The molecule has 0 saturated heterocycles. The summed E-state index contributed by atoms with van der Waals surface area (Å²) in [5.74, 6) is 0.380. The van der Waals surface area contributed by atoms with Crippen LogP contribution in [0, 0.1) is 5.92 Å². The summed E-state index contributed by atoms with van der Waals surface area (Å²) in [4.78, 5) is 7.89. The van der Waals surface area contributed by atoms with Crippen molar-refractivity contribution in [2.24, 2.45) is 5.92 Å². The van der Waals surface area contributed by atoms with Crippen LogP contribution in [0.15, 0.2) is 24.5 Å². The summed E-state index contributed by atoms with van der Waals surface area (Å²) in [6.07, 6.45) is -1.34. The molecule has 0 bridgehead atoms. The molecule has 0 aliphatic rings. The number of thiazole rings is 1. The second-order valence-electron chi connectivity index (χ2n) is 5.06. The first-order valence-corrected chi connectivity index (χ1v) is 7.37. The zero-order valence-electron chi connectivity index (χ0n) is 11.7. The molecular formula is C14H16F3N3S. The molecule has 2 aromatic heterocycles. The highest BCUT2D eigenvalue weighted by Crippen LogP contribution is 2.37. The maximum absolute atomic E-state index is 13.1. The van der Waals surface area contributed by atoms with E-state index in [0.717, 1.165) is 11.3 Å². The van der Waals surface area contributed by atoms with Crippen LogP contribution >= 0.6 is 11.3 Å². The summed E-state index contributed by atoms with van der Waals surface area (Å²) < 4.78 is 39.2. The summed E-state index contributed by atoms with van der Waals surface area (Å²) in [5.41, 5.74) is -0.203. The Bertz CT molecular complexity index is 579. The number of hydrogen-bond acceptors (Lipinski definition) is 4. The smallest absolute Gasteiger partial charge is 0.312 e. The molecule has 0 saturated carbocycles. The van der Waals surface area contributed by atoms with E-state index in [1.807, 2.05) is 13.8 Å². The fourth-order valence-electron chi connectivity index (χ4n) is 1.78. The van der Waals surface area contributed by atoms with Crippen molar-refractivity contribution in [1.29, 1.82) is 0 Å². The zero-order chi connectivity index (χ0) is 15.5. The van der Waals surface area contributed by atoms with Gasteiger partial charge >= 0.3 is 6.18 Å². The highest BCUT2D eigenvalue weighted by Gasteiger charge is 2.37. The minimum Gasteiger partial charge on any atom is -0.312 e. The number of aromatic nitrogens is 2. The Balaban J connectivity index is 2.28. The van der Waals surface area contributed by atoms with E-state index in [1.165, 1.54) is 6.20 Å². The molecule has 0 aromatic carbocycles. The van der Waals surface area contributed by atoms with Crippen molar-refractivity contribution in [2.75, 3.05) is 6.54 Å². The normalized spacial score (nSPS) is 12.1. The van der Waals surface area contributed by atoms with Crippen molar-refractivity contribution in [3.05, 3.63) is 35.1 Å². The zero-order valence-corrected chi connectivity index (χ0v) is 12.6. The van der Waals surface area contributed by atoms with Gasteiger partial charge in [0, 0.05) is 24.5 Å². The lowest BCUT2D eigenvalue weighted by Gasteiger charge is -2.08. The number of pyridine rings is 1. The lowest BCUT2D eigenvalue weighted by molar-refractivity contribution is -0.141. The molecule has 0 fully saturated rings. The van der Waals surface area contributed by atoms with E-state index in [1.54, 1.807) is 18.3 Å². The number of rotatable bonds is 5. The van der Waals surface area contributed by atoms with Crippen LogP contribution < -0.4 is 5.32 Å². The highest BCUT2D eigenvalue weighted by molar-refractivity contribution is 7.15. The summed E-state index contributed by atoms with van der Waals surface area (Å²) in [7, 11) is 0. The molecule has 1 N–H and O–H groups in total. The molecule has 2 heterocycles. The standard InChI is InChI=1S/C14H16F3N3S/c1-9(2)6-19-8-11-12(14(15,16)17)20-13(21-11)10-4-3-5-18-7-10/h3-5,7,9,19H,6,8H2,1-2H3. The molecule has 114 valence electrons. The van der Waals surface area contributed by atoms with Gasteiger partial charge in [0.1, 0.15) is 5.01 Å². The van der Waals surface area contributed by atoms with Crippen LogP contribution in [0.5, 0.6) is 0 Å². The minimum atomic E-state index is -4.44. The predicted molar refractivity (Wildman–Crippen MR) is 76.9 cm³/mol. The van der Waals surface area contributed by atoms with Crippen LogP contribution in [0.1, 0.15) is 24.4 Å². The minimum absolute atomic E-state index is 0.172. The summed E-state index contributed by atoms with van der Waals surface area (Å²) in [6, 6.07) is 3.39. The van der Waals surface area contributed by atoms with Crippen molar-refractivity contribution >= 4 is 11.3 Å². The summed E-state index contributed by atoms with van der Waals surface area (Å²) in [6.45, 7) is 4.85. The van der Waals surface area contributed by atoms with Crippen molar-refractivity contribution in [1.82, 2.24) is 15.3 Å². The van der Waals surface area contributed by atoms with Gasteiger partial charge in [-0.15, -0.1) is 11.3 Å². The molecule has 0 spiro atoms. The summed E-state index contributed by atoms with van der Waals surface area (Å²) >= 11 is 1.06. The van der Waals surface area contributed by atoms with Gasteiger partial charge in [-0.3, -0.25) is 4.98 Å². The SMILES string of the molecule is CC(C)CNCc1sc(-c2cccnc2)nc1C(F)(F)F. The molecule has 0 aliphatic heterocycles. The van der Waals surface area contributed by atoms with Gasteiger partial charge in [0.05, 0.1) is 4.88 Å². The lowest BCUT2D eigenvalue weighted by Crippen LogP contribution is -2.20. The van der Waals surface area contributed by atoms with Crippen molar-refractivity contribution < 1.29 is 13.2 Å². The average Bonchev–Trinajstić information content (AvgIpc) is 2.83. The highest BCUT2D eigenvalue weighted by atomic mass is 32.1. The van der Waals surface area contributed by atoms with Gasteiger partial charge in [-0.1, -0.05) is 13.8 Å². The molecule has 0 radical (unpaired) electrons. The van der Waals surface area contributed by atoms with E-state index in [9.17, 15) is 13.2 Å². The van der Waals surface area contributed by atoms with Crippen LogP contribution in [-0.2, 0) is 12.7 Å². The Kier molecular flexibility index (Phi) is 4.95. The first-order valence-electron chi connectivity index (χ1n) is 6.56. The molecule has 21 heavy (non-hydrogen) atoms. The molecule has 0 aliphatic carbocycles. The first kappa shape index (κ1) is 15.9.